The number of pyridine rings is 1. The Kier molecular flexibility index (Phi) is 5.52. The third-order valence-electron chi connectivity index (χ3n) is 5.05. The van der Waals surface area contributed by atoms with Crippen LogP contribution in [0.5, 0.6) is 11.5 Å². The summed E-state index contributed by atoms with van der Waals surface area (Å²) in [5.41, 5.74) is 2.60. The third-order valence-corrected chi connectivity index (χ3v) is 5.30. The molecule has 0 atom stereocenters. The number of imidazole rings is 1. The molecule has 0 saturated heterocycles. The molecule has 32 heavy (non-hydrogen) atoms. The Morgan fingerprint density at radius 3 is 2.50 bits per heavy atom. The van der Waals surface area contributed by atoms with Gasteiger partial charge in [0.2, 0.25) is 5.95 Å². The number of aromatic nitrogens is 3. The van der Waals surface area contributed by atoms with Crippen LogP contribution in [0.25, 0.3) is 11.0 Å². The lowest BCUT2D eigenvalue weighted by molar-refractivity contribution is 0.0687. The highest BCUT2D eigenvalue weighted by atomic mass is 35.5. The van der Waals surface area contributed by atoms with Crippen LogP contribution in [0.2, 0.25) is 5.02 Å². The second kappa shape index (κ2) is 8.16. The van der Waals surface area contributed by atoms with Crippen LogP contribution in [-0.2, 0) is 12.5 Å². The second-order valence-electron chi connectivity index (χ2n) is 8.47. The molecule has 8 heteroatoms. The fraction of sp³-hybridized carbons (Fsp3) is 0.208. The lowest BCUT2D eigenvalue weighted by Gasteiger charge is -2.23. The minimum absolute atomic E-state index is 0.0108. The molecule has 2 N–H and O–H groups in total. The Balaban J connectivity index is 1.69. The number of rotatable bonds is 5. The van der Waals surface area contributed by atoms with E-state index in [-0.39, 0.29) is 5.69 Å². The van der Waals surface area contributed by atoms with Crippen LogP contribution in [0, 0.1) is 0 Å². The van der Waals surface area contributed by atoms with Crippen molar-refractivity contribution in [2.24, 2.45) is 7.05 Å². The molecule has 0 aliphatic heterocycles. The molecular formula is C24H23ClN4O3. The number of hydrogen-bond donors (Lipinski definition) is 2. The van der Waals surface area contributed by atoms with Gasteiger partial charge in [-0.25, -0.2) is 14.8 Å². The molecule has 0 radical (unpaired) electrons. The number of carboxylic acids is 1. The zero-order valence-electron chi connectivity index (χ0n) is 18.2. The predicted octanol–water partition coefficient (Wildman–Crippen LogP) is 6.15. The first kappa shape index (κ1) is 21.6. The molecule has 4 aromatic rings. The lowest BCUT2D eigenvalue weighted by atomic mass is 9.85. The zero-order valence-corrected chi connectivity index (χ0v) is 18.9. The highest BCUT2D eigenvalue weighted by Crippen LogP contribution is 2.37. The number of nitrogens with one attached hydrogen (secondary N) is 1. The standard InChI is InChI=1S/C24H23ClN4O3/c1-24(2,3)20-19(11-12-26-21(20)22(30)31)32-16-9-10-18-17(13-16)28-23(29(18)4)27-15-7-5-14(25)6-8-15/h5-13H,1-4H3,(H,27,28)(H,30,31). The minimum Gasteiger partial charge on any atom is -0.476 e. The van der Waals surface area contributed by atoms with Gasteiger partial charge in [-0.05, 0) is 47.9 Å². The van der Waals surface area contributed by atoms with Crippen LogP contribution in [0.1, 0.15) is 36.8 Å². The number of nitrogens with zero attached hydrogens (tertiary/aromatic N) is 3. The summed E-state index contributed by atoms with van der Waals surface area (Å²) in [5.74, 6) is 0.603. The highest BCUT2D eigenvalue weighted by molar-refractivity contribution is 6.30. The van der Waals surface area contributed by atoms with Crippen LogP contribution < -0.4 is 10.1 Å². The molecule has 4 rings (SSSR count). The summed E-state index contributed by atoms with van der Waals surface area (Å²) in [4.78, 5) is 20.4. The molecule has 0 spiro atoms. The summed E-state index contributed by atoms with van der Waals surface area (Å²) >= 11 is 5.96. The summed E-state index contributed by atoms with van der Waals surface area (Å²) in [6, 6.07) is 14.7. The van der Waals surface area contributed by atoms with E-state index in [0.29, 0.717) is 28.0 Å². The smallest absolute Gasteiger partial charge is 0.354 e. The number of anilines is 2. The van der Waals surface area contributed by atoms with Gasteiger partial charge in [-0.1, -0.05) is 32.4 Å². The maximum absolute atomic E-state index is 11.7. The number of hydrogen-bond acceptors (Lipinski definition) is 5. The largest absolute Gasteiger partial charge is 0.476 e. The van der Waals surface area contributed by atoms with E-state index in [1.807, 2.05) is 74.9 Å². The van der Waals surface area contributed by atoms with Gasteiger partial charge in [0.15, 0.2) is 5.69 Å². The summed E-state index contributed by atoms with van der Waals surface area (Å²) in [6.45, 7) is 5.79. The minimum atomic E-state index is -1.08. The van der Waals surface area contributed by atoms with Gasteiger partial charge in [0.25, 0.3) is 0 Å². The van der Waals surface area contributed by atoms with Gasteiger partial charge in [0, 0.05) is 35.6 Å². The molecular weight excluding hydrogens is 428 g/mol. The van der Waals surface area contributed by atoms with E-state index < -0.39 is 11.4 Å². The number of halogens is 1. The van der Waals surface area contributed by atoms with E-state index in [0.717, 1.165) is 16.7 Å². The van der Waals surface area contributed by atoms with Crippen molar-refractivity contribution in [2.45, 2.75) is 26.2 Å². The summed E-state index contributed by atoms with van der Waals surface area (Å²) in [7, 11) is 1.92. The Morgan fingerprint density at radius 1 is 1.12 bits per heavy atom. The van der Waals surface area contributed by atoms with Crippen molar-refractivity contribution < 1.29 is 14.6 Å². The summed E-state index contributed by atoms with van der Waals surface area (Å²) in [6.07, 6.45) is 1.45. The molecule has 0 bridgehead atoms. The second-order valence-corrected chi connectivity index (χ2v) is 8.90. The molecule has 2 aromatic carbocycles. The number of aryl methyl sites for hydroxylation is 1. The number of ether oxygens (including phenoxy) is 1. The van der Waals surface area contributed by atoms with E-state index >= 15 is 0 Å². The summed E-state index contributed by atoms with van der Waals surface area (Å²) < 4.78 is 8.08. The highest BCUT2D eigenvalue weighted by Gasteiger charge is 2.27. The van der Waals surface area contributed by atoms with E-state index in [1.165, 1.54) is 6.20 Å². The van der Waals surface area contributed by atoms with Crippen molar-refractivity contribution in [2.75, 3.05) is 5.32 Å². The lowest BCUT2D eigenvalue weighted by Crippen LogP contribution is -2.19. The van der Waals surface area contributed by atoms with E-state index in [9.17, 15) is 9.90 Å². The van der Waals surface area contributed by atoms with Gasteiger partial charge < -0.3 is 19.7 Å². The predicted molar refractivity (Wildman–Crippen MR) is 125 cm³/mol. The van der Waals surface area contributed by atoms with Crippen molar-refractivity contribution in [1.29, 1.82) is 0 Å². The van der Waals surface area contributed by atoms with Crippen molar-refractivity contribution in [1.82, 2.24) is 14.5 Å². The molecule has 7 nitrogen and oxygen atoms in total. The Hall–Kier alpha value is -3.58. The van der Waals surface area contributed by atoms with Gasteiger partial charge in [-0.3, -0.25) is 0 Å². The Labute approximate surface area is 190 Å². The van der Waals surface area contributed by atoms with Crippen LogP contribution in [0.4, 0.5) is 11.6 Å². The summed E-state index contributed by atoms with van der Waals surface area (Å²) in [5, 5.41) is 13.5. The maximum Gasteiger partial charge on any atom is 0.354 e. The van der Waals surface area contributed by atoms with Crippen LogP contribution in [-0.4, -0.2) is 25.6 Å². The molecule has 0 saturated carbocycles. The van der Waals surface area contributed by atoms with E-state index in [2.05, 4.69) is 15.3 Å². The van der Waals surface area contributed by atoms with Gasteiger partial charge in [0.1, 0.15) is 11.5 Å². The fourth-order valence-electron chi connectivity index (χ4n) is 3.56. The van der Waals surface area contributed by atoms with Crippen molar-refractivity contribution in [3.05, 3.63) is 71.0 Å². The average molecular weight is 451 g/mol. The third kappa shape index (κ3) is 4.24. The van der Waals surface area contributed by atoms with E-state index in [1.54, 1.807) is 6.07 Å². The van der Waals surface area contributed by atoms with Crippen LogP contribution in [0.3, 0.4) is 0 Å². The molecule has 0 amide bonds. The number of benzene rings is 2. The monoisotopic (exact) mass is 450 g/mol. The maximum atomic E-state index is 11.7. The molecule has 0 aliphatic rings. The van der Waals surface area contributed by atoms with Crippen molar-refractivity contribution in [3.8, 4) is 11.5 Å². The molecule has 2 heterocycles. The first-order valence-electron chi connectivity index (χ1n) is 10.0. The normalized spacial score (nSPS) is 11.5. The molecule has 0 fully saturated rings. The van der Waals surface area contributed by atoms with E-state index in [4.69, 9.17) is 16.3 Å². The molecule has 0 unspecified atom stereocenters. The SMILES string of the molecule is Cn1c(Nc2ccc(Cl)cc2)nc2cc(Oc3ccnc(C(=O)O)c3C(C)(C)C)ccc21. The zero-order chi connectivity index (χ0) is 23.0. The topological polar surface area (TPSA) is 89.3 Å². The number of carbonyl (C=O) groups is 1. The van der Waals surface area contributed by atoms with Crippen molar-refractivity contribution in [3.63, 3.8) is 0 Å². The molecule has 0 aliphatic carbocycles. The van der Waals surface area contributed by atoms with Gasteiger partial charge in [-0.15, -0.1) is 0 Å². The fourth-order valence-corrected chi connectivity index (χ4v) is 3.69. The molecule has 2 aromatic heterocycles. The van der Waals surface area contributed by atoms with Gasteiger partial charge >= 0.3 is 5.97 Å². The van der Waals surface area contributed by atoms with Crippen molar-refractivity contribution >= 4 is 40.2 Å². The number of fused-ring (bicyclic) bond motifs is 1. The molecule has 164 valence electrons. The number of aromatic carboxylic acids is 1. The van der Waals surface area contributed by atoms with Crippen LogP contribution >= 0.6 is 11.6 Å². The van der Waals surface area contributed by atoms with Gasteiger partial charge in [0.05, 0.1) is 11.0 Å². The number of carboxylic acid groups (broad SMARTS) is 1. The van der Waals surface area contributed by atoms with Gasteiger partial charge in [-0.2, -0.15) is 0 Å². The first-order valence-corrected chi connectivity index (χ1v) is 10.4. The average Bonchev–Trinajstić information content (AvgIpc) is 3.03. The first-order chi connectivity index (χ1) is 15.1. The Morgan fingerprint density at radius 2 is 1.84 bits per heavy atom. The Bertz CT molecular complexity index is 1310. The quantitative estimate of drug-likeness (QED) is 0.379. The van der Waals surface area contributed by atoms with Crippen LogP contribution in [0.15, 0.2) is 54.7 Å².